The first-order valence-corrected chi connectivity index (χ1v) is 12.5. The fraction of sp³-hybridized carbons (Fsp3) is 0.448. The molecule has 0 radical (unpaired) electrons. The van der Waals surface area contributed by atoms with Gasteiger partial charge in [-0.15, -0.1) is 0 Å². The van der Waals surface area contributed by atoms with Gasteiger partial charge < -0.3 is 19.5 Å². The number of ether oxygens (including phenoxy) is 2. The van der Waals surface area contributed by atoms with Crippen LogP contribution in [-0.4, -0.2) is 54.8 Å². The molecule has 6 heteroatoms. The fourth-order valence-electron chi connectivity index (χ4n) is 5.28. The molecular formula is C29H36N2O4. The summed E-state index contributed by atoms with van der Waals surface area (Å²) in [6.07, 6.45) is 5.51. The van der Waals surface area contributed by atoms with Gasteiger partial charge in [0, 0.05) is 18.1 Å². The van der Waals surface area contributed by atoms with Crippen molar-refractivity contribution in [2.45, 2.75) is 38.2 Å². The first-order valence-electron chi connectivity index (χ1n) is 12.5. The maximum Gasteiger partial charge on any atom is 0.310 e. The van der Waals surface area contributed by atoms with Gasteiger partial charge in [0.15, 0.2) is 0 Å². The van der Waals surface area contributed by atoms with E-state index in [0.717, 1.165) is 67.5 Å². The van der Waals surface area contributed by atoms with Crippen molar-refractivity contribution in [2.24, 2.45) is 11.8 Å². The van der Waals surface area contributed by atoms with Crippen LogP contribution in [0.1, 0.15) is 42.9 Å². The number of rotatable bonds is 10. The van der Waals surface area contributed by atoms with Gasteiger partial charge >= 0.3 is 5.97 Å². The smallest absolute Gasteiger partial charge is 0.310 e. The molecular weight excluding hydrogens is 440 g/mol. The van der Waals surface area contributed by atoms with Crippen molar-refractivity contribution in [1.29, 1.82) is 0 Å². The lowest BCUT2D eigenvalue weighted by Gasteiger charge is -2.37. The van der Waals surface area contributed by atoms with E-state index in [1.54, 1.807) is 13.3 Å². The lowest BCUT2D eigenvalue weighted by molar-refractivity contribution is -0.150. The van der Waals surface area contributed by atoms with E-state index in [1.165, 1.54) is 12.7 Å². The second-order valence-electron chi connectivity index (χ2n) is 9.44. The number of aromatic nitrogens is 1. The summed E-state index contributed by atoms with van der Waals surface area (Å²) in [6, 6.07) is 18.1. The first-order chi connectivity index (χ1) is 17.1. The van der Waals surface area contributed by atoms with Gasteiger partial charge in [0.05, 0.1) is 31.8 Å². The second-order valence-corrected chi connectivity index (χ2v) is 9.44. The van der Waals surface area contributed by atoms with E-state index >= 15 is 0 Å². The summed E-state index contributed by atoms with van der Waals surface area (Å²) in [5, 5.41) is 12.0. The van der Waals surface area contributed by atoms with E-state index in [2.05, 4.69) is 34.1 Å². The third-order valence-corrected chi connectivity index (χ3v) is 7.28. The highest BCUT2D eigenvalue weighted by Gasteiger charge is 2.35. The number of pyridine rings is 1. The Morgan fingerprint density at radius 1 is 1.17 bits per heavy atom. The largest absolute Gasteiger partial charge is 0.497 e. The van der Waals surface area contributed by atoms with E-state index < -0.39 is 6.10 Å². The number of esters is 1. The number of piperidine rings is 1. The van der Waals surface area contributed by atoms with Gasteiger partial charge in [0.25, 0.3) is 0 Å². The Bertz CT molecular complexity index is 1100. The summed E-state index contributed by atoms with van der Waals surface area (Å²) in [7, 11) is 3.10. The number of likely N-dealkylation sites (tertiary alicyclic amines) is 1. The standard InChI is InChI=1S/C29H36N2O4/c1-34-23-11-12-27-25(19-23)24(14-16-30-27)28(32)13-10-22-15-18-31(20-26(22)29(33)35-2)17-6-9-21-7-4-3-5-8-21/h3-5,7-8,11-12,14,16,19,22,26,28,32H,6,9-10,13,15,17-18,20H2,1-2H3/t22-,26+,28?/m1/s1. The molecule has 0 saturated carbocycles. The molecule has 1 aromatic heterocycles. The molecule has 1 fully saturated rings. The van der Waals surface area contributed by atoms with E-state index in [-0.39, 0.29) is 17.8 Å². The molecule has 1 unspecified atom stereocenters. The minimum atomic E-state index is -0.630. The van der Waals surface area contributed by atoms with Gasteiger partial charge in [0.2, 0.25) is 0 Å². The second kappa shape index (κ2) is 12.1. The summed E-state index contributed by atoms with van der Waals surface area (Å²) in [5.74, 6) is 0.637. The predicted octanol–water partition coefficient (Wildman–Crippen LogP) is 4.80. The Kier molecular flexibility index (Phi) is 8.72. The number of aryl methyl sites for hydroxylation is 1. The van der Waals surface area contributed by atoms with Crippen LogP contribution in [0.15, 0.2) is 60.8 Å². The number of fused-ring (bicyclic) bond motifs is 1. The number of carbonyl (C=O) groups is 1. The van der Waals surface area contributed by atoms with Gasteiger partial charge in [-0.25, -0.2) is 0 Å². The van der Waals surface area contributed by atoms with Gasteiger partial charge in [0.1, 0.15) is 5.75 Å². The van der Waals surface area contributed by atoms with Crippen LogP contribution in [0, 0.1) is 11.8 Å². The highest BCUT2D eigenvalue weighted by molar-refractivity contribution is 5.83. The molecule has 2 aromatic carbocycles. The lowest BCUT2D eigenvalue weighted by Crippen LogP contribution is -2.44. The summed E-state index contributed by atoms with van der Waals surface area (Å²) in [5.41, 5.74) is 3.03. The predicted molar refractivity (Wildman–Crippen MR) is 137 cm³/mol. The average molecular weight is 477 g/mol. The number of hydrogen-bond donors (Lipinski definition) is 1. The normalized spacial score (nSPS) is 19.4. The molecule has 0 spiro atoms. The molecule has 186 valence electrons. The summed E-state index contributed by atoms with van der Waals surface area (Å²) < 4.78 is 10.5. The van der Waals surface area contributed by atoms with Crippen LogP contribution in [0.25, 0.3) is 10.9 Å². The van der Waals surface area contributed by atoms with Crippen LogP contribution in [0.3, 0.4) is 0 Å². The van der Waals surface area contributed by atoms with Crippen LogP contribution in [0.4, 0.5) is 0 Å². The summed E-state index contributed by atoms with van der Waals surface area (Å²) in [6.45, 7) is 2.67. The molecule has 1 N–H and O–H groups in total. The Balaban J connectivity index is 1.36. The first kappa shape index (κ1) is 25.1. The molecule has 0 amide bonds. The van der Waals surface area contributed by atoms with Crippen molar-refractivity contribution < 1.29 is 19.4 Å². The molecule has 2 heterocycles. The third kappa shape index (κ3) is 6.38. The van der Waals surface area contributed by atoms with Gasteiger partial charge in [-0.05, 0) is 86.5 Å². The Labute approximate surface area is 207 Å². The lowest BCUT2D eigenvalue weighted by atomic mass is 9.81. The van der Waals surface area contributed by atoms with Crippen molar-refractivity contribution in [3.63, 3.8) is 0 Å². The van der Waals surface area contributed by atoms with Crippen LogP contribution >= 0.6 is 0 Å². The SMILES string of the molecule is COC(=O)[C@H]1CN(CCCc2ccccc2)CC[C@H]1CCC(O)c1ccnc2ccc(OC)cc12. The number of hydrogen-bond acceptors (Lipinski definition) is 6. The van der Waals surface area contributed by atoms with Crippen molar-refractivity contribution in [2.75, 3.05) is 33.9 Å². The van der Waals surface area contributed by atoms with Gasteiger partial charge in [-0.1, -0.05) is 30.3 Å². The number of benzene rings is 2. The number of methoxy groups -OCH3 is 2. The number of nitrogens with zero attached hydrogens (tertiary/aromatic N) is 2. The molecule has 3 atom stereocenters. The minimum absolute atomic E-state index is 0.142. The summed E-state index contributed by atoms with van der Waals surface area (Å²) >= 11 is 0. The van der Waals surface area contributed by atoms with Crippen molar-refractivity contribution in [3.8, 4) is 5.75 Å². The van der Waals surface area contributed by atoms with Crippen LogP contribution in [0.5, 0.6) is 5.75 Å². The zero-order chi connectivity index (χ0) is 24.6. The highest BCUT2D eigenvalue weighted by atomic mass is 16.5. The molecule has 1 aliphatic heterocycles. The zero-order valence-corrected chi connectivity index (χ0v) is 20.7. The molecule has 3 aromatic rings. The molecule has 1 saturated heterocycles. The fourth-order valence-corrected chi connectivity index (χ4v) is 5.28. The van der Waals surface area contributed by atoms with Crippen molar-refractivity contribution in [1.82, 2.24) is 9.88 Å². The maximum atomic E-state index is 12.6. The monoisotopic (exact) mass is 476 g/mol. The molecule has 4 rings (SSSR count). The third-order valence-electron chi connectivity index (χ3n) is 7.28. The Morgan fingerprint density at radius 2 is 2.00 bits per heavy atom. The quantitative estimate of drug-likeness (QED) is 0.424. The van der Waals surface area contributed by atoms with Gasteiger partial charge in [-0.2, -0.15) is 0 Å². The number of carbonyl (C=O) groups excluding carboxylic acids is 1. The maximum absolute atomic E-state index is 12.6. The van der Waals surface area contributed by atoms with Crippen molar-refractivity contribution >= 4 is 16.9 Å². The van der Waals surface area contributed by atoms with E-state index in [1.807, 2.05) is 30.3 Å². The van der Waals surface area contributed by atoms with E-state index in [4.69, 9.17) is 9.47 Å². The molecule has 0 bridgehead atoms. The molecule has 1 aliphatic rings. The van der Waals surface area contributed by atoms with Gasteiger partial charge in [-0.3, -0.25) is 9.78 Å². The topological polar surface area (TPSA) is 71.9 Å². The Hall–Kier alpha value is -2.96. The van der Waals surface area contributed by atoms with E-state index in [9.17, 15) is 9.90 Å². The molecule has 6 nitrogen and oxygen atoms in total. The van der Waals surface area contributed by atoms with Crippen LogP contribution in [-0.2, 0) is 16.0 Å². The Morgan fingerprint density at radius 3 is 2.77 bits per heavy atom. The highest BCUT2D eigenvalue weighted by Crippen LogP contribution is 2.34. The average Bonchev–Trinajstić information content (AvgIpc) is 2.91. The number of aliphatic hydroxyl groups is 1. The molecule has 0 aliphatic carbocycles. The number of aliphatic hydroxyl groups excluding tert-OH is 1. The van der Waals surface area contributed by atoms with Crippen LogP contribution in [0.2, 0.25) is 0 Å². The zero-order valence-electron chi connectivity index (χ0n) is 20.7. The van der Waals surface area contributed by atoms with E-state index in [0.29, 0.717) is 6.42 Å². The minimum Gasteiger partial charge on any atom is -0.497 e. The molecule has 35 heavy (non-hydrogen) atoms. The van der Waals surface area contributed by atoms with Crippen molar-refractivity contribution in [3.05, 3.63) is 71.9 Å². The van der Waals surface area contributed by atoms with Crippen LogP contribution < -0.4 is 4.74 Å². The summed E-state index contributed by atoms with van der Waals surface area (Å²) in [4.78, 5) is 19.4.